The molecule has 0 aromatic heterocycles. The fourth-order valence-electron chi connectivity index (χ4n) is 2.65. The molecular weight excluding hydrogens is 326 g/mol. The molecule has 0 saturated carbocycles. The molecule has 0 saturated heterocycles. The van der Waals surface area contributed by atoms with Gasteiger partial charge in [-0.2, -0.15) is 0 Å². The number of rotatable bonds is 6. The van der Waals surface area contributed by atoms with Gasteiger partial charge in [0, 0.05) is 37.0 Å². The molecule has 0 aliphatic rings. The molecule has 0 fully saturated rings. The number of benzene rings is 2. The molecule has 138 valence electrons. The maximum Gasteiger partial charge on any atom is 0.226 e. The van der Waals surface area contributed by atoms with Crippen LogP contribution < -0.4 is 16.0 Å². The first-order valence-corrected chi connectivity index (χ1v) is 8.76. The number of hydrogen-bond acceptors (Lipinski definition) is 3. The van der Waals surface area contributed by atoms with Gasteiger partial charge in [0.2, 0.25) is 11.8 Å². The van der Waals surface area contributed by atoms with Crippen LogP contribution in [0.3, 0.4) is 0 Å². The highest BCUT2D eigenvalue weighted by molar-refractivity contribution is 5.92. The number of para-hydroxylation sites is 1. The lowest BCUT2D eigenvalue weighted by Gasteiger charge is -2.23. The minimum absolute atomic E-state index is 0.0240. The van der Waals surface area contributed by atoms with Gasteiger partial charge in [0.25, 0.3) is 0 Å². The van der Waals surface area contributed by atoms with Crippen LogP contribution in [0.15, 0.2) is 48.5 Å². The number of carbonyl (C=O) groups excluding carboxylic acids is 2. The van der Waals surface area contributed by atoms with Crippen molar-refractivity contribution in [3.05, 3.63) is 54.1 Å². The smallest absolute Gasteiger partial charge is 0.226 e. The van der Waals surface area contributed by atoms with Crippen molar-refractivity contribution in [1.82, 2.24) is 0 Å². The largest absolute Gasteiger partial charge is 0.385 e. The Labute approximate surface area is 155 Å². The van der Waals surface area contributed by atoms with Crippen molar-refractivity contribution < 1.29 is 9.59 Å². The summed E-state index contributed by atoms with van der Waals surface area (Å²) in [5.74, 6) is -0.123. The van der Waals surface area contributed by atoms with Gasteiger partial charge in [0.1, 0.15) is 0 Å². The number of carbonyl (C=O) groups is 2. The molecule has 0 radical (unpaired) electrons. The highest BCUT2D eigenvalue weighted by Crippen LogP contribution is 2.29. The molecule has 2 aromatic carbocycles. The first-order valence-electron chi connectivity index (χ1n) is 8.76. The molecule has 0 heterocycles. The zero-order valence-electron chi connectivity index (χ0n) is 15.8. The highest BCUT2D eigenvalue weighted by Gasteiger charge is 2.18. The second-order valence-electron chi connectivity index (χ2n) is 7.28. The van der Waals surface area contributed by atoms with Crippen LogP contribution in [0.4, 0.5) is 17.1 Å². The van der Waals surface area contributed by atoms with Crippen molar-refractivity contribution >= 4 is 28.9 Å². The fourth-order valence-corrected chi connectivity index (χ4v) is 2.65. The zero-order valence-corrected chi connectivity index (χ0v) is 15.8. The van der Waals surface area contributed by atoms with E-state index in [4.69, 9.17) is 0 Å². The van der Waals surface area contributed by atoms with Crippen LogP contribution in [-0.2, 0) is 15.0 Å². The Morgan fingerprint density at radius 1 is 0.885 bits per heavy atom. The van der Waals surface area contributed by atoms with Crippen LogP contribution >= 0.6 is 0 Å². The molecule has 0 bridgehead atoms. The second kappa shape index (κ2) is 8.52. The normalized spacial score (nSPS) is 10.9. The Balaban J connectivity index is 1.85. The van der Waals surface area contributed by atoms with Gasteiger partial charge in [-0.05, 0) is 41.3 Å². The van der Waals surface area contributed by atoms with Gasteiger partial charge in [-0.3, -0.25) is 9.59 Å². The summed E-state index contributed by atoms with van der Waals surface area (Å²) in [6, 6.07) is 15.3. The predicted molar refractivity (Wildman–Crippen MR) is 108 cm³/mol. The number of anilines is 3. The molecule has 2 rings (SSSR count). The molecule has 3 N–H and O–H groups in total. The van der Waals surface area contributed by atoms with Gasteiger partial charge in [0.05, 0.1) is 0 Å². The molecule has 5 nitrogen and oxygen atoms in total. The van der Waals surface area contributed by atoms with Gasteiger partial charge in [0.15, 0.2) is 0 Å². The highest BCUT2D eigenvalue weighted by atomic mass is 16.2. The third kappa shape index (κ3) is 5.92. The van der Waals surface area contributed by atoms with E-state index in [1.54, 1.807) is 0 Å². The maximum atomic E-state index is 12.3. The first-order chi connectivity index (χ1) is 12.3. The molecule has 26 heavy (non-hydrogen) atoms. The van der Waals surface area contributed by atoms with Crippen LogP contribution in [0.1, 0.15) is 39.7 Å². The van der Waals surface area contributed by atoms with E-state index in [9.17, 15) is 9.59 Å². The van der Waals surface area contributed by atoms with E-state index in [1.807, 2.05) is 48.5 Å². The van der Waals surface area contributed by atoms with Crippen molar-refractivity contribution in [2.75, 3.05) is 22.5 Å². The van der Waals surface area contributed by atoms with Gasteiger partial charge in [-0.15, -0.1) is 0 Å². The summed E-state index contributed by atoms with van der Waals surface area (Å²) in [5, 5.41) is 8.94. The number of hydrogen-bond donors (Lipinski definition) is 3. The molecule has 2 aromatic rings. The molecule has 0 aliphatic carbocycles. The molecule has 0 atom stereocenters. The zero-order chi connectivity index (χ0) is 19.2. The summed E-state index contributed by atoms with van der Waals surface area (Å²) in [6.45, 7) is 8.39. The summed E-state index contributed by atoms with van der Waals surface area (Å²) in [7, 11) is 0. The Bertz CT molecular complexity index is 762. The summed E-state index contributed by atoms with van der Waals surface area (Å²) >= 11 is 0. The maximum absolute atomic E-state index is 12.3. The Morgan fingerprint density at radius 3 is 2.12 bits per heavy atom. The third-order valence-corrected chi connectivity index (χ3v) is 3.90. The van der Waals surface area contributed by atoms with E-state index in [0.717, 1.165) is 22.6 Å². The van der Waals surface area contributed by atoms with E-state index in [0.29, 0.717) is 13.0 Å². The molecule has 5 heteroatoms. The van der Waals surface area contributed by atoms with Crippen molar-refractivity contribution in [2.45, 2.75) is 39.5 Å². The van der Waals surface area contributed by atoms with Gasteiger partial charge < -0.3 is 16.0 Å². The summed E-state index contributed by atoms with van der Waals surface area (Å²) < 4.78 is 0. The van der Waals surface area contributed by atoms with Gasteiger partial charge in [-0.25, -0.2) is 0 Å². The third-order valence-electron chi connectivity index (χ3n) is 3.90. The number of amides is 2. The SMILES string of the molecule is CC(=O)Nc1ccc(NCCC(=O)Nc2ccccc2C(C)(C)C)cc1. The molecule has 0 unspecified atom stereocenters. The molecule has 2 amide bonds. The average Bonchev–Trinajstić information content (AvgIpc) is 2.55. The predicted octanol–water partition coefficient (Wildman–Crippen LogP) is 4.38. The lowest BCUT2D eigenvalue weighted by molar-refractivity contribution is -0.116. The van der Waals surface area contributed by atoms with Crippen LogP contribution in [0.25, 0.3) is 0 Å². The standard InChI is InChI=1S/C21H27N3O2/c1-15(25)23-17-11-9-16(10-12-17)22-14-13-20(26)24-19-8-6-5-7-18(19)21(2,3)4/h5-12,22H,13-14H2,1-4H3,(H,23,25)(H,24,26). The summed E-state index contributed by atoms with van der Waals surface area (Å²) in [5.41, 5.74) is 3.61. The van der Waals surface area contributed by atoms with Crippen LogP contribution in [0.2, 0.25) is 0 Å². The van der Waals surface area contributed by atoms with E-state index in [1.165, 1.54) is 6.92 Å². The van der Waals surface area contributed by atoms with E-state index in [2.05, 4.69) is 36.7 Å². The Kier molecular flexibility index (Phi) is 6.39. The lowest BCUT2D eigenvalue weighted by atomic mass is 9.86. The lowest BCUT2D eigenvalue weighted by Crippen LogP contribution is -2.20. The molecular formula is C21H27N3O2. The van der Waals surface area contributed by atoms with Crippen molar-refractivity contribution in [1.29, 1.82) is 0 Å². The Hall–Kier alpha value is -2.82. The van der Waals surface area contributed by atoms with E-state index >= 15 is 0 Å². The quantitative estimate of drug-likeness (QED) is 0.721. The van der Waals surface area contributed by atoms with Crippen molar-refractivity contribution in [3.8, 4) is 0 Å². The Morgan fingerprint density at radius 2 is 1.50 bits per heavy atom. The summed E-state index contributed by atoms with van der Waals surface area (Å²) in [4.78, 5) is 23.3. The molecule has 0 spiro atoms. The van der Waals surface area contributed by atoms with Gasteiger partial charge >= 0.3 is 0 Å². The minimum Gasteiger partial charge on any atom is -0.385 e. The fraction of sp³-hybridized carbons (Fsp3) is 0.333. The molecule has 0 aliphatic heterocycles. The average molecular weight is 353 g/mol. The van der Waals surface area contributed by atoms with Crippen LogP contribution in [-0.4, -0.2) is 18.4 Å². The topological polar surface area (TPSA) is 70.2 Å². The van der Waals surface area contributed by atoms with Crippen molar-refractivity contribution in [2.24, 2.45) is 0 Å². The second-order valence-corrected chi connectivity index (χ2v) is 7.28. The van der Waals surface area contributed by atoms with Crippen molar-refractivity contribution in [3.63, 3.8) is 0 Å². The van der Waals surface area contributed by atoms with E-state index in [-0.39, 0.29) is 17.2 Å². The monoisotopic (exact) mass is 353 g/mol. The van der Waals surface area contributed by atoms with Crippen LogP contribution in [0, 0.1) is 0 Å². The van der Waals surface area contributed by atoms with Gasteiger partial charge in [-0.1, -0.05) is 39.0 Å². The van der Waals surface area contributed by atoms with Crippen LogP contribution in [0.5, 0.6) is 0 Å². The minimum atomic E-state index is -0.0991. The first kappa shape index (κ1) is 19.5. The summed E-state index contributed by atoms with van der Waals surface area (Å²) in [6.07, 6.45) is 0.367. The van der Waals surface area contributed by atoms with E-state index < -0.39 is 0 Å². The number of nitrogens with one attached hydrogen (secondary N) is 3.